The molecule has 4 rings (SSSR count). The Balaban J connectivity index is 1.81. The van der Waals surface area contributed by atoms with Crippen LogP contribution in [0.1, 0.15) is 18.8 Å². The molecule has 174 valence electrons. The average Bonchev–Trinajstić information content (AvgIpc) is 2.88. The number of amides is 2. The number of ether oxygens (including phenoxy) is 2. The maximum Gasteiger partial charge on any atom is 0.322 e. The number of para-hydroxylation sites is 5. The fourth-order valence-electron chi connectivity index (χ4n) is 3.78. The third kappa shape index (κ3) is 4.17. The highest BCUT2D eigenvalue weighted by Crippen LogP contribution is 2.28. The molecule has 0 saturated carbocycles. The van der Waals surface area contributed by atoms with Crippen LogP contribution >= 0.6 is 0 Å². The van der Waals surface area contributed by atoms with E-state index in [4.69, 9.17) is 14.5 Å². The zero-order chi connectivity index (χ0) is 24.2. The van der Waals surface area contributed by atoms with Crippen LogP contribution in [0.5, 0.6) is 11.5 Å². The number of hydrogen-bond acceptors (Lipinski definition) is 5. The standard InChI is InChI=1S/C26H26N4O4/c1-17(29(2)26(32)28-20-13-7-9-15-22(20)33-3)24-27-19-12-6-5-11-18(19)25(31)30(24)21-14-8-10-16-23(21)34-4/h5-17H,1-4H3,(H,28,32). The summed E-state index contributed by atoms with van der Waals surface area (Å²) in [7, 11) is 4.75. The van der Waals surface area contributed by atoms with Crippen molar-refractivity contribution in [2.75, 3.05) is 26.6 Å². The molecule has 4 aromatic rings. The van der Waals surface area contributed by atoms with Gasteiger partial charge in [0.15, 0.2) is 0 Å². The van der Waals surface area contributed by atoms with Gasteiger partial charge in [0.25, 0.3) is 5.56 Å². The van der Waals surface area contributed by atoms with Crippen molar-refractivity contribution >= 4 is 22.6 Å². The van der Waals surface area contributed by atoms with Crippen LogP contribution in [0.4, 0.5) is 10.5 Å². The van der Waals surface area contributed by atoms with Crippen molar-refractivity contribution < 1.29 is 14.3 Å². The molecule has 0 spiro atoms. The summed E-state index contributed by atoms with van der Waals surface area (Å²) in [4.78, 5) is 33.0. The van der Waals surface area contributed by atoms with Crippen LogP contribution in [0.2, 0.25) is 0 Å². The highest BCUT2D eigenvalue weighted by atomic mass is 16.5. The van der Waals surface area contributed by atoms with Crippen LogP contribution in [0.3, 0.4) is 0 Å². The summed E-state index contributed by atoms with van der Waals surface area (Å²) in [6.07, 6.45) is 0. The first kappa shape index (κ1) is 22.8. The van der Waals surface area contributed by atoms with Crippen molar-refractivity contribution in [3.63, 3.8) is 0 Å². The Morgan fingerprint density at radius 3 is 2.29 bits per heavy atom. The highest BCUT2D eigenvalue weighted by molar-refractivity contribution is 5.91. The van der Waals surface area contributed by atoms with Crippen LogP contribution in [0.15, 0.2) is 77.6 Å². The maximum atomic E-state index is 13.6. The van der Waals surface area contributed by atoms with E-state index in [9.17, 15) is 9.59 Å². The molecule has 1 unspecified atom stereocenters. The van der Waals surface area contributed by atoms with E-state index in [0.717, 1.165) is 0 Å². The molecular formula is C26H26N4O4. The van der Waals surface area contributed by atoms with Gasteiger partial charge in [0.1, 0.15) is 17.3 Å². The summed E-state index contributed by atoms with van der Waals surface area (Å²) < 4.78 is 12.4. The molecule has 8 heteroatoms. The number of fused-ring (bicyclic) bond motifs is 1. The summed E-state index contributed by atoms with van der Waals surface area (Å²) in [6.45, 7) is 1.82. The zero-order valence-corrected chi connectivity index (χ0v) is 19.5. The van der Waals surface area contributed by atoms with E-state index in [-0.39, 0.29) is 11.6 Å². The first-order valence-electron chi connectivity index (χ1n) is 10.8. The third-order valence-electron chi connectivity index (χ3n) is 5.75. The van der Waals surface area contributed by atoms with Gasteiger partial charge in [-0.15, -0.1) is 0 Å². The number of urea groups is 1. The van der Waals surface area contributed by atoms with E-state index in [0.29, 0.717) is 39.6 Å². The Morgan fingerprint density at radius 2 is 1.56 bits per heavy atom. The number of benzene rings is 3. The number of methoxy groups -OCH3 is 2. The lowest BCUT2D eigenvalue weighted by Crippen LogP contribution is -2.37. The number of carbonyl (C=O) groups is 1. The van der Waals surface area contributed by atoms with Crippen LogP contribution in [-0.4, -0.2) is 41.7 Å². The van der Waals surface area contributed by atoms with Gasteiger partial charge in [-0.3, -0.25) is 9.36 Å². The second-order valence-corrected chi connectivity index (χ2v) is 7.72. The number of aromatic nitrogens is 2. The molecule has 8 nitrogen and oxygen atoms in total. The lowest BCUT2D eigenvalue weighted by atomic mass is 10.2. The molecule has 0 aliphatic heterocycles. The predicted octanol–water partition coefficient (Wildman–Crippen LogP) is 4.63. The normalized spacial score (nSPS) is 11.6. The predicted molar refractivity (Wildman–Crippen MR) is 132 cm³/mol. The van der Waals surface area contributed by atoms with Crippen molar-refractivity contribution in [3.8, 4) is 17.2 Å². The number of carbonyl (C=O) groups excluding carboxylic acids is 1. The number of nitrogens with one attached hydrogen (secondary N) is 1. The van der Waals surface area contributed by atoms with Crippen LogP contribution in [-0.2, 0) is 0 Å². The third-order valence-corrected chi connectivity index (χ3v) is 5.75. The smallest absolute Gasteiger partial charge is 0.322 e. The van der Waals surface area contributed by atoms with Gasteiger partial charge in [0.2, 0.25) is 0 Å². The topological polar surface area (TPSA) is 85.7 Å². The molecule has 0 radical (unpaired) electrons. The van der Waals surface area contributed by atoms with Gasteiger partial charge >= 0.3 is 6.03 Å². The molecule has 2 amide bonds. The number of anilines is 1. The maximum absolute atomic E-state index is 13.6. The SMILES string of the molecule is COc1ccccc1NC(=O)N(C)C(C)c1nc2ccccc2c(=O)n1-c1ccccc1OC. The van der Waals surface area contributed by atoms with Gasteiger partial charge in [0, 0.05) is 7.05 Å². The van der Waals surface area contributed by atoms with Gasteiger partial charge < -0.3 is 19.7 Å². The van der Waals surface area contributed by atoms with Gasteiger partial charge in [-0.05, 0) is 43.3 Å². The fourth-order valence-corrected chi connectivity index (χ4v) is 3.78. The molecular weight excluding hydrogens is 432 g/mol. The minimum atomic E-state index is -0.558. The average molecular weight is 459 g/mol. The molecule has 0 saturated heterocycles. The van der Waals surface area contributed by atoms with Crippen molar-refractivity contribution in [2.45, 2.75) is 13.0 Å². The number of hydrogen-bond donors (Lipinski definition) is 1. The zero-order valence-electron chi connectivity index (χ0n) is 19.5. The molecule has 0 fully saturated rings. The summed E-state index contributed by atoms with van der Waals surface area (Å²) in [5.74, 6) is 1.48. The Bertz CT molecular complexity index is 1400. The van der Waals surface area contributed by atoms with Crippen LogP contribution < -0.4 is 20.3 Å². The number of rotatable bonds is 6. The fraction of sp³-hybridized carbons (Fsp3) is 0.192. The van der Waals surface area contributed by atoms with E-state index < -0.39 is 6.04 Å². The Morgan fingerprint density at radius 1 is 0.941 bits per heavy atom. The molecule has 1 heterocycles. The first-order valence-corrected chi connectivity index (χ1v) is 10.8. The summed E-state index contributed by atoms with van der Waals surface area (Å²) in [6, 6.07) is 20.6. The minimum absolute atomic E-state index is 0.240. The van der Waals surface area contributed by atoms with Gasteiger partial charge in [-0.25, -0.2) is 9.78 Å². The first-order chi connectivity index (χ1) is 16.5. The van der Waals surface area contributed by atoms with Crippen molar-refractivity contribution in [1.82, 2.24) is 14.5 Å². The second-order valence-electron chi connectivity index (χ2n) is 7.72. The van der Waals surface area contributed by atoms with Crippen molar-refractivity contribution in [1.29, 1.82) is 0 Å². The molecule has 1 atom stereocenters. The molecule has 0 aliphatic rings. The van der Waals surface area contributed by atoms with Gasteiger partial charge in [-0.1, -0.05) is 36.4 Å². The van der Waals surface area contributed by atoms with Crippen LogP contribution in [0.25, 0.3) is 16.6 Å². The molecule has 1 aromatic heterocycles. The highest BCUT2D eigenvalue weighted by Gasteiger charge is 2.25. The van der Waals surface area contributed by atoms with E-state index in [2.05, 4.69) is 5.32 Å². The van der Waals surface area contributed by atoms with Gasteiger partial charge in [-0.2, -0.15) is 0 Å². The second kappa shape index (κ2) is 9.66. The molecule has 0 bridgehead atoms. The van der Waals surface area contributed by atoms with E-state index >= 15 is 0 Å². The molecule has 0 aliphatic carbocycles. The molecule has 1 N–H and O–H groups in total. The summed E-state index contributed by atoms with van der Waals surface area (Å²) >= 11 is 0. The number of nitrogens with zero attached hydrogens (tertiary/aromatic N) is 3. The summed E-state index contributed by atoms with van der Waals surface area (Å²) in [5.41, 5.74) is 1.41. The minimum Gasteiger partial charge on any atom is -0.495 e. The Kier molecular flexibility index (Phi) is 6.49. The van der Waals surface area contributed by atoms with E-state index in [1.807, 2.05) is 37.3 Å². The molecule has 34 heavy (non-hydrogen) atoms. The molecule has 3 aromatic carbocycles. The van der Waals surface area contributed by atoms with E-state index in [1.165, 1.54) is 9.47 Å². The van der Waals surface area contributed by atoms with Crippen LogP contribution in [0, 0.1) is 0 Å². The largest absolute Gasteiger partial charge is 0.495 e. The summed E-state index contributed by atoms with van der Waals surface area (Å²) in [5, 5.41) is 3.34. The van der Waals surface area contributed by atoms with E-state index in [1.54, 1.807) is 63.7 Å². The monoisotopic (exact) mass is 458 g/mol. The van der Waals surface area contributed by atoms with Crippen molar-refractivity contribution in [3.05, 3.63) is 89.0 Å². The van der Waals surface area contributed by atoms with Crippen molar-refractivity contribution in [2.24, 2.45) is 0 Å². The van der Waals surface area contributed by atoms with Gasteiger partial charge in [0.05, 0.1) is 42.5 Å². The lowest BCUT2D eigenvalue weighted by Gasteiger charge is -2.27. The quantitative estimate of drug-likeness (QED) is 0.455. The Labute approximate surface area is 197 Å². The Hall–Kier alpha value is -4.33. The lowest BCUT2D eigenvalue weighted by molar-refractivity contribution is 0.205.